The van der Waals surface area contributed by atoms with E-state index in [0.29, 0.717) is 0 Å². The highest BCUT2D eigenvalue weighted by molar-refractivity contribution is 5.79. The maximum absolute atomic E-state index is 12.7. The maximum atomic E-state index is 12.7. The summed E-state index contributed by atoms with van der Waals surface area (Å²) in [6, 6.07) is 16.3. The molecule has 0 aromatic heterocycles. The number of rotatable bonds is 10. The smallest absolute Gasteiger partial charge is 0.407 e. The number of aliphatic carboxylic acids is 1. The molecule has 2 aliphatic rings. The zero-order valence-corrected chi connectivity index (χ0v) is 19.9. The average molecular weight is 481 g/mol. The predicted molar refractivity (Wildman–Crippen MR) is 130 cm³/mol. The van der Waals surface area contributed by atoms with Crippen molar-refractivity contribution in [3.8, 4) is 11.1 Å². The van der Waals surface area contributed by atoms with Gasteiger partial charge in [-0.25, -0.2) is 4.79 Å². The number of amides is 2. The zero-order chi connectivity index (χ0) is 24.8. The molecule has 3 atom stereocenters. The number of carbonyl (C=O) groups excluding carboxylic acids is 2. The second-order valence-electron chi connectivity index (χ2n) is 9.23. The Labute approximate surface area is 205 Å². The van der Waals surface area contributed by atoms with Gasteiger partial charge in [0.05, 0.1) is 12.5 Å². The number of alkyl carbamates (subject to hydrolysis) is 1. The van der Waals surface area contributed by atoms with Gasteiger partial charge in [-0.2, -0.15) is 0 Å². The summed E-state index contributed by atoms with van der Waals surface area (Å²) in [6.45, 7) is 0.387. The Morgan fingerprint density at radius 3 is 2.31 bits per heavy atom. The summed E-state index contributed by atoms with van der Waals surface area (Å²) in [5, 5.41) is 14.6. The summed E-state index contributed by atoms with van der Waals surface area (Å²) < 4.78 is 10.8. The monoisotopic (exact) mass is 480 g/mol. The summed E-state index contributed by atoms with van der Waals surface area (Å²) in [5.41, 5.74) is 4.68. The van der Waals surface area contributed by atoms with Gasteiger partial charge in [0.1, 0.15) is 6.61 Å². The van der Waals surface area contributed by atoms with Gasteiger partial charge in [-0.3, -0.25) is 9.59 Å². The molecule has 3 N–H and O–H groups in total. The lowest BCUT2D eigenvalue weighted by atomic mass is 9.98. The van der Waals surface area contributed by atoms with E-state index in [2.05, 4.69) is 34.9 Å². The number of methoxy groups -OCH3 is 1. The van der Waals surface area contributed by atoms with E-state index in [9.17, 15) is 14.4 Å². The van der Waals surface area contributed by atoms with Crippen molar-refractivity contribution in [3.63, 3.8) is 0 Å². The van der Waals surface area contributed by atoms with E-state index in [0.717, 1.165) is 30.4 Å². The quantitative estimate of drug-likeness (QED) is 0.478. The van der Waals surface area contributed by atoms with Crippen LogP contribution in [-0.2, 0) is 19.1 Å². The lowest BCUT2D eigenvalue weighted by molar-refractivity contribution is -0.140. The molecule has 2 aromatic rings. The Kier molecular flexibility index (Phi) is 8.02. The summed E-state index contributed by atoms with van der Waals surface area (Å²) >= 11 is 0. The van der Waals surface area contributed by atoms with Crippen molar-refractivity contribution in [2.45, 2.75) is 50.2 Å². The third-order valence-electron chi connectivity index (χ3n) is 7.02. The molecule has 35 heavy (non-hydrogen) atoms. The molecule has 0 heterocycles. The summed E-state index contributed by atoms with van der Waals surface area (Å²) in [7, 11) is 1.42. The molecule has 0 saturated heterocycles. The molecule has 2 aromatic carbocycles. The lowest BCUT2D eigenvalue weighted by Gasteiger charge is -2.22. The molecule has 8 heteroatoms. The van der Waals surface area contributed by atoms with Crippen LogP contribution in [0, 0.1) is 5.92 Å². The first-order valence-corrected chi connectivity index (χ1v) is 12.1. The van der Waals surface area contributed by atoms with Crippen LogP contribution < -0.4 is 10.6 Å². The minimum atomic E-state index is -0.978. The van der Waals surface area contributed by atoms with E-state index in [4.69, 9.17) is 14.6 Å². The standard InChI is InChI=1S/C27H32N2O6/c1-34-18(14-26(31)32)15-28-25(30)13-17-7-6-12-24(17)29-27(33)35-16-23-21-10-4-2-8-19(21)20-9-3-5-11-22(20)23/h2-5,8-11,17-18,23-24H,6-7,12-16H2,1H3,(H,28,30)(H,29,33)(H,31,32)/t17-,18?,24+/m0/s1. The zero-order valence-electron chi connectivity index (χ0n) is 19.9. The Bertz CT molecular complexity index is 1030. The van der Waals surface area contributed by atoms with E-state index in [-0.39, 0.29) is 49.8 Å². The van der Waals surface area contributed by atoms with Gasteiger partial charge in [-0.1, -0.05) is 55.0 Å². The predicted octanol–water partition coefficient (Wildman–Crippen LogP) is 3.69. The van der Waals surface area contributed by atoms with E-state index in [1.807, 2.05) is 24.3 Å². The number of carbonyl (C=O) groups is 3. The fraction of sp³-hybridized carbons (Fsp3) is 0.444. The first kappa shape index (κ1) is 24.7. The van der Waals surface area contributed by atoms with Crippen molar-refractivity contribution in [2.75, 3.05) is 20.3 Å². The second-order valence-corrected chi connectivity index (χ2v) is 9.23. The Hall–Kier alpha value is -3.39. The third-order valence-corrected chi connectivity index (χ3v) is 7.02. The van der Waals surface area contributed by atoms with Gasteiger partial charge in [0, 0.05) is 32.0 Å². The molecular weight excluding hydrogens is 448 g/mol. The van der Waals surface area contributed by atoms with Crippen LogP contribution in [0.25, 0.3) is 11.1 Å². The van der Waals surface area contributed by atoms with Gasteiger partial charge in [-0.05, 0) is 41.0 Å². The molecule has 2 aliphatic carbocycles. The summed E-state index contributed by atoms with van der Waals surface area (Å²) in [6.07, 6.45) is 1.60. The Morgan fingerprint density at radius 1 is 1.03 bits per heavy atom. The SMILES string of the molecule is COC(CNC(=O)C[C@@H]1CCC[C@H]1NC(=O)OCC1c2ccccc2-c2ccccc21)CC(=O)O. The van der Waals surface area contributed by atoms with Crippen molar-refractivity contribution in [1.29, 1.82) is 0 Å². The second kappa shape index (κ2) is 11.4. The van der Waals surface area contributed by atoms with Crippen LogP contribution in [0.3, 0.4) is 0 Å². The number of nitrogens with one attached hydrogen (secondary N) is 2. The normalized spacial score (nSPS) is 19.5. The number of benzene rings is 2. The highest BCUT2D eigenvalue weighted by Gasteiger charge is 2.32. The van der Waals surface area contributed by atoms with Crippen LogP contribution in [0.1, 0.15) is 49.1 Å². The van der Waals surface area contributed by atoms with E-state index >= 15 is 0 Å². The van der Waals surface area contributed by atoms with Crippen LogP contribution in [0.4, 0.5) is 4.79 Å². The van der Waals surface area contributed by atoms with Crippen LogP contribution in [0.15, 0.2) is 48.5 Å². The molecule has 0 bridgehead atoms. The molecular formula is C27H32N2O6. The fourth-order valence-electron chi connectivity index (χ4n) is 5.23. The summed E-state index contributed by atoms with van der Waals surface area (Å²) in [5.74, 6) is -1.15. The molecule has 1 saturated carbocycles. The number of carboxylic acids is 1. The van der Waals surface area contributed by atoms with Crippen LogP contribution >= 0.6 is 0 Å². The molecule has 4 rings (SSSR count). The van der Waals surface area contributed by atoms with Crippen LogP contribution in [-0.4, -0.2) is 55.5 Å². The molecule has 0 spiro atoms. The highest BCUT2D eigenvalue weighted by Crippen LogP contribution is 2.44. The van der Waals surface area contributed by atoms with Gasteiger partial charge in [0.15, 0.2) is 0 Å². The Morgan fingerprint density at radius 2 is 1.69 bits per heavy atom. The van der Waals surface area contributed by atoms with E-state index in [1.165, 1.54) is 18.2 Å². The van der Waals surface area contributed by atoms with Gasteiger partial charge < -0.3 is 25.2 Å². The van der Waals surface area contributed by atoms with Crippen molar-refractivity contribution in [3.05, 3.63) is 59.7 Å². The third kappa shape index (κ3) is 6.00. The molecule has 2 amide bonds. The Balaban J connectivity index is 1.27. The largest absolute Gasteiger partial charge is 0.481 e. The highest BCUT2D eigenvalue weighted by atomic mass is 16.5. The van der Waals surface area contributed by atoms with E-state index < -0.39 is 18.2 Å². The minimum Gasteiger partial charge on any atom is -0.481 e. The number of ether oxygens (including phenoxy) is 2. The first-order chi connectivity index (χ1) is 17.0. The number of hydrogen-bond donors (Lipinski definition) is 3. The fourth-order valence-corrected chi connectivity index (χ4v) is 5.23. The van der Waals surface area contributed by atoms with Crippen LogP contribution in [0.2, 0.25) is 0 Å². The van der Waals surface area contributed by atoms with Crippen molar-refractivity contribution in [2.24, 2.45) is 5.92 Å². The molecule has 8 nitrogen and oxygen atoms in total. The minimum absolute atomic E-state index is 0.00200. The van der Waals surface area contributed by atoms with Gasteiger partial charge in [0.2, 0.25) is 5.91 Å². The molecule has 0 radical (unpaired) electrons. The van der Waals surface area contributed by atoms with Crippen LogP contribution in [0.5, 0.6) is 0 Å². The number of hydrogen-bond acceptors (Lipinski definition) is 5. The number of carboxylic acid groups (broad SMARTS) is 1. The maximum Gasteiger partial charge on any atom is 0.407 e. The van der Waals surface area contributed by atoms with Crippen molar-refractivity contribution in [1.82, 2.24) is 10.6 Å². The van der Waals surface area contributed by atoms with E-state index in [1.54, 1.807) is 0 Å². The van der Waals surface area contributed by atoms with Crippen molar-refractivity contribution < 1.29 is 29.0 Å². The topological polar surface area (TPSA) is 114 Å². The van der Waals surface area contributed by atoms with Gasteiger partial charge in [-0.15, -0.1) is 0 Å². The van der Waals surface area contributed by atoms with Crippen molar-refractivity contribution >= 4 is 18.0 Å². The molecule has 1 unspecified atom stereocenters. The summed E-state index contributed by atoms with van der Waals surface area (Å²) in [4.78, 5) is 35.9. The van der Waals surface area contributed by atoms with Gasteiger partial charge in [0.25, 0.3) is 0 Å². The molecule has 1 fully saturated rings. The average Bonchev–Trinajstić information content (AvgIpc) is 3.41. The number of fused-ring (bicyclic) bond motifs is 3. The first-order valence-electron chi connectivity index (χ1n) is 12.1. The lowest BCUT2D eigenvalue weighted by Crippen LogP contribution is -2.41. The molecule has 0 aliphatic heterocycles. The molecule has 186 valence electrons. The van der Waals surface area contributed by atoms with Gasteiger partial charge >= 0.3 is 12.1 Å².